The molecule has 21 heavy (non-hydrogen) atoms. The molecule has 1 fully saturated rings. The Kier molecular flexibility index (Phi) is 6.15. The molecule has 0 spiro atoms. The molecule has 1 aromatic rings. The van der Waals surface area contributed by atoms with E-state index in [-0.39, 0.29) is 6.54 Å². The number of carbonyl (C=O) groups is 1. The maximum atomic E-state index is 11.0. The molecule has 0 bridgehead atoms. The van der Waals surface area contributed by atoms with Crippen molar-refractivity contribution in [2.24, 2.45) is 0 Å². The van der Waals surface area contributed by atoms with Crippen LogP contribution in [0.2, 0.25) is 10.0 Å². The molecule has 1 aromatic carbocycles. The third kappa shape index (κ3) is 5.06. The van der Waals surface area contributed by atoms with Gasteiger partial charge in [0.15, 0.2) is 0 Å². The van der Waals surface area contributed by atoms with E-state index in [0.29, 0.717) is 35.0 Å². The second kappa shape index (κ2) is 7.87. The monoisotopic (exact) mass is 331 g/mol. The molecule has 0 aliphatic heterocycles. The third-order valence-electron chi connectivity index (χ3n) is 3.71. The molecule has 0 saturated heterocycles. The van der Waals surface area contributed by atoms with E-state index in [4.69, 9.17) is 33.0 Å². The molecule has 6 heteroatoms. The van der Waals surface area contributed by atoms with Gasteiger partial charge in [-0.1, -0.05) is 36.0 Å². The number of nitrogens with zero attached hydrogens (tertiary/aromatic N) is 1. The van der Waals surface area contributed by atoms with Crippen LogP contribution in [0.15, 0.2) is 18.2 Å². The average Bonchev–Trinajstić information content (AvgIpc) is 2.93. The lowest BCUT2D eigenvalue weighted by Crippen LogP contribution is -2.40. The quantitative estimate of drug-likeness (QED) is 0.827. The third-order valence-corrected chi connectivity index (χ3v) is 4.24. The summed E-state index contributed by atoms with van der Waals surface area (Å²) in [4.78, 5) is 13.0. The van der Waals surface area contributed by atoms with E-state index >= 15 is 0 Å². The van der Waals surface area contributed by atoms with Gasteiger partial charge in [0, 0.05) is 17.6 Å². The van der Waals surface area contributed by atoms with Crippen molar-refractivity contribution in [1.82, 2.24) is 4.90 Å². The van der Waals surface area contributed by atoms with Crippen molar-refractivity contribution >= 4 is 29.2 Å². The Hall–Kier alpha value is -0.970. The molecule has 1 aliphatic carbocycles. The first-order valence-electron chi connectivity index (χ1n) is 7.10. The summed E-state index contributed by atoms with van der Waals surface area (Å²) >= 11 is 11.9. The molecule has 2 rings (SSSR count). The number of carboxylic acids is 1. The number of hydrogen-bond acceptors (Lipinski definition) is 3. The van der Waals surface area contributed by atoms with Gasteiger partial charge in [-0.25, -0.2) is 0 Å². The highest BCUT2D eigenvalue weighted by Gasteiger charge is 2.24. The van der Waals surface area contributed by atoms with Crippen molar-refractivity contribution in [3.8, 4) is 5.75 Å². The van der Waals surface area contributed by atoms with Crippen molar-refractivity contribution in [2.75, 3.05) is 19.7 Å². The van der Waals surface area contributed by atoms with Gasteiger partial charge >= 0.3 is 5.97 Å². The van der Waals surface area contributed by atoms with Crippen LogP contribution in [0.1, 0.15) is 25.7 Å². The molecule has 116 valence electrons. The Morgan fingerprint density at radius 3 is 2.67 bits per heavy atom. The summed E-state index contributed by atoms with van der Waals surface area (Å²) in [6.45, 7) is 1.05. The second-order valence-electron chi connectivity index (χ2n) is 5.23. The Labute approximate surface area is 134 Å². The van der Waals surface area contributed by atoms with Crippen LogP contribution in [0.3, 0.4) is 0 Å². The summed E-state index contributed by atoms with van der Waals surface area (Å²) in [6.07, 6.45) is 4.47. The minimum Gasteiger partial charge on any atom is -0.491 e. The molecule has 1 saturated carbocycles. The minimum atomic E-state index is -0.800. The van der Waals surface area contributed by atoms with E-state index < -0.39 is 5.97 Å². The second-order valence-corrected chi connectivity index (χ2v) is 6.07. The molecule has 0 heterocycles. The fourth-order valence-electron chi connectivity index (χ4n) is 2.70. The molecular weight excluding hydrogens is 313 g/mol. The van der Waals surface area contributed by atoms with Gasteiger partial charge in [-0.2, -0.15) is 0 Å². The van der Waals surface area contributed by atoms with Gasteiger partial charge < -0.3 is 9.84 Å². The van der Waals surface area contributed by atoms with Gasteiger partial charge in [-0.15, -0.1) is 0 Å². The van der Waals surface area contributed by atoms with Crippen molar-refractivity contribution in [1.29, 1.82) is 0 Å². The SMILES string of the molecule is O=C(O)CN(CCOc1ccc(Cl)cc1Cl)C1CCCC1. The summed E-state index contributed by atoms with van der Waals surface area (Å²) in [5.74, 6) is -0.228. The van der Waals surface area contributed by atoms with E-state index in [2.05, 4.69) is 0 Å². The van der Waals surface area contributed by atoms with Crippen LogP contribution in [0.4, 0.5) is 0 Å². The topological polar surface area (TPSA) is 49.8 Å². The van der Waals surface area contributed by atoms with Crippen molar-refractivity contribution in [3.63, 3.8) is 0 Å². The maximum absolute atomic E-state index is 11.0. The molecule has 4 nitrogen and oxygen atoms in total. The van der Waals surface area contributed by atoms with E-state index in [1.807, 2.05) is 4.90 Å². The number of rotatable bonds is 7. The molecule has 1 aliphatic rings. The zero-order valence-corrected chi connectivity index (χ0v) is 13.2. The average molecular weight is 332 g/mol. The van der Waals surface area contributed by atoms with Crippen LogP contribution in [0, 0.1) is 0 Å². The Balaban J connectivity index is 1.87. The smallest absolute Gasteiger partial charge is 0.317 e. The zero-order valence-electron chi connectivity index (χ0n) is 11.7. The van der Waals surface area contributed by atoms with Gasteiger partial charge in [0.1, 0.15) is 12.4 Å². The number of aliphatic carboxylic acids is 1. The largest absolute Gasteiger partial charge is 0.491 e. The lowest BCUT2D eigenvalue weighted by Gasteiger charge is -2.27. The normalized spacial score (nSPS) is 15.6. The van der Waals surface area contributed by atoms with Crippen molar-refractivity contribution in [3.05, 3.63) is 28.2 Å². The van der Waals surface area contributed by atoms with Crippen LogP contribution in [0.5, 0.6) is 5.75 Å². The fourth-order valence-corrected chi connectivity index (χ4v) is 3.16. The lowest BCUT2D eigenvalue weighted by atomic mass is 10.2. The maximum Gasteiger partial charge on any atom is 0.317 e. The number of hydrogen-bond donors (Lipinski definition) is 1. The van der Waals surface area contributed by atoms with Gasteiger partial charge in [-0.05, 0) is 31.0 Å². The van der Waals surface area contributed by atoms with Crippen LogP contribution in [0.25, 0.3) is 0 Å². The zero-order chi connectivity index (χ0) is 15.2. The first-order chi connectivity index (χ1) is 10.1. The highest BCUT2D eigenvalue weighted by molar-refractivity contribution is 6.35. The van der Waals surface area contributed by atoms with Crippen molar-refractivity contribution in [2.45, 2.75) is 31.7 Å². The van der Waals surface area contributed by atoms with Crippen LogP contribution < -0.4 is 4.74 Å². The van der Waals surface area contributed by atoms with Crippen LogP contribution >= 0.6 is 23.2 Å². The first kappa shape index (κ1) is 16.4. The lowest BCUT2D eigenvalue weighted by molar-refractivity contribution is -0.139. The Morgan fingerprint density at radius 2 is 2.05 bits per heavy atom. The molecule has 0 atom stereocenters. The van der Waals surface area contributed by atoms with E-state index in [1.54, 1.807) is 18.2 Å². The Bertz CT molecular complexity index is 490. The number of ether oxygens (including phenoxy) is 1. The summed E-state index contributed by atoms with van der Waals surface area (Å²) in [6, 6.07) is 5.42. The van der Waals surface area contributed by atoms with Gasteiger partial charge in [0.2, 0.25) is 0 Å². The number of halogens is 2. The molecule has 0 aromatic heterocycles. The fraction of sp³-hybridized carbons (Fsp3) is 0.533. The van der Waals surface area contributed by atoms with Gasteiger partial charge in [-0.3, -0.25) is 9.69 Å². The summed E-state index contributed by atoms with van der Waals surface area (Å²) in [5, 5.41) is 10.0. The minimum absolute atomic E-state index is 0.0579. The van der Waals surface area contributed by atoms with E-state index in [0.717, 1.165) is 12.8 Å². The molecule has 0 unspecified atom stereocenters. The number of carboxylic acid groups (broad SMARTS) is 1. The molecule has 0 radical (unpaired) electrons. The first-order valence-corrected chi connectivity index (χ1v) is 7.85. The number of benzene rings is 1. The standard InChI is InChI=1S/C15H19Cl2NO3/c16-11-5-6-14(13(17)9-11)21-8-7-18(10-15(19)20)12-3-1-2-4-12/h5-6,9,12H,1-4,7-8,10H2,(H,19,20). The van der Waals surface area contributed by atoms with E-state index in [9.17, 15) is 4.79 Å². The predicted octanol–water partition coefficient (Wildman–Crippen LogP) is 3.70. The van der Waals surface area contributed by atoms with Gasteiger partial charge in [0.25, 0.3) is 0 Å². The molecule has 0 amide bonds. The Morgan fingerprint density at radius 1 is 1.33 bits per heavy atom. The van der Waals surface area contributed by atoms with Crippen LogP contribution in [-0.4, -0.2) is 41.7 Å². The van der Waals surface area contributed by atoms with Gasteiger partial charge in [0.05, 0.1) is 11.6 Å². The summed E-state index contributed by atoms with van der Waals surface area (Å²) in [5.41, 5.74) is 0. The highest BCUT2D eigenvalue weighted by atomic mass is 35.5. The summed E-state index contributed by atoms with van der Waals surface area (Å²) < 4.78 is 5.64. The highest BCUT2D eigenvalue weighted by Crippen LogP contribution is 2.28. The molecular formula is C15H19Cl2NO3. The van der Waals surface area contributed by atoms with E-state index in [1.165, 1.54) is 12.8 Å². The summed E-state index contributed by atoms with van der Waals surface area (Å²) in [7, 11) is 0. The van der Waals surface area contributed by atoms with Crippen molar-refractivity contribution < 1.29 is 14.6 Å². The van der Waals surface area contributed by atoms with Crippen LogP contribution in [-0.2, 0) is 4.79 Å². The molecule has 1 N–H and O–H groups in total. The predicted molar refractivity (Wildman–Crippen MR) is 83.4 cm³/mol.